The van der Waals surface area contributed by atoms with Crippen molar-refractivity contribution in [3.05, 3.63) is 88.9 Å². The predicted octanol–water partition coefficient (Wildman–Crippen LogP) is 4.18. The van der Waals surface area contributed by atoms with Gasteiger partial charge in [-0.2, -0.15) is 0 Å². The average Bonchev–Trinajstić information content (AvgIpc) is 2.75. The van der Waals surface area contributed by atoms with Crippen LogP contribution in [0.3, 0.4) is 0 Å². The van der Waals surface area contributed by atoms with E-state index in [-0.39, 0.29) is 26.7 Å². The molecule has 2 N–H and O–H groups in total. The van der Waals surface area contributed by atoms with Crippen LogP contribution in [0.25, 0.3) is 0 Å². The maximum absolute atomic E-state index is 12.7. The molecule has 0 aliphatic rings. The molecule has 0 bridgehead atoms. The lowest BCUT2D eigenvalue weighted by atomic mass is 10.1. The Morgan fingerprint density at radius 2 is 1.60 bits per heavy atom. The van der Waals surface area contributed by atoms with E-state index in [9.17, 15) is 18.0 Å². The van der Waals surface area contributed by atoms with Gasteiger partial charge in [-0.25, -0.2) is 13.2 Å². The number of rotatable bonds is 6. The first-order valence-corrected chi connectivity index (χ1v) is 10.5. The third kappa shape index (κ3) is 4.97. The van der Waals surface area contributed by atoms with Crippen LogP contribution in [0.2, 0.25) is 5.02 Å². The molecule has 3 aromatic rings. The van der Waals surface area contributed by atoms with Crippen molar-refractivity contribution >= 4 is 44.9 Å². The summed E-state index contributed by atoms with van der Waals surface area (Å²) in [5, 5.41) is 2.88. The summed E-state index contributed by atoms with van der Waals surface area (Å²) >= 11 is 6.01. The quantitative estimate of drug-likeness (QED) is 0.555. The zero-order chi connectivity index (χ0) is 21.7. The molecule has 0 heterocycles. The maximum atomic E-state index is 12.7. The first-order chi connectivity index (χ1) is 14.3. The van der Waals surface area contributed by atoms with Crippen molar-refractivity contribution in [1.29, 1.82) is 0 Å². The third-order valence-electron chi connectivity index (χ3n) is 4.07. The van der Waals surface area contributed by atoms with Crippen LogP contribution in [0.5, 0.6) is 0 Å². The van der Waals surface area contributed by atoms with Gasteiger partial charge < -0.3 is 10.1 Å². The number of hydrogen-bond donors (Lipinski definition) is 2. The topological polar surface area (TPSA) is 102 Å². The molecule has 0 radical (unpaired) electrons. The molecule has 9 heteroatoms. The maximum Gasteiger partial charge on any atom is 0.337 e. The molecule has 0 aliphatic heterocycles. The van der Waals surface area contributed by atoms with Crippen molar-refractivity contribution in [3.63, 3.8) is 0 Å². The fourth-order valence-electron chi connectivity index (χ4n) is 2.60. The molecular weight excluding hydrogens is 428 g/mol. The van der Waals surface area contributed by atoms with Gasteiger partial charge in [0.1, 0.15) is 0 Å². The zero-order valence-corrected chi connectivity index (χ0v) is 17.3. The summed E-state index contributed by atoms with van der Waals surface area (Å²) in [5.74, 6) is -1.07. The van der Waals surface area contributed by atoms with Crippen LogP contribution >= 0.6 is 11.6 Å². The van der Waals surface area contributed by atoms with Gasteiger partial charge in [0.2, 0.25) is 0 Å². The van der Waals surface area contributed by atoms with E-state index in [1.807, 2.05) is 0 Å². The van der Waals surface area contributed by atoms with Crippen LogP contribution < -0.4 is 10.0 Å². The Balaban J connectivity index is 1.82. The SMILES string of the molecule is COC(=O)c1cccc(NC(=O)c2cccc(S(=O)(=O)Nc3ccccc3Cl)c2)c1. The second kappa shape index (κ2) is 8.98. The van der Waals surface area contributed by atoms with E-state index in [4.69, 9.17) is 11.6 Å². The van der Waals surface area contributed by atoms with Crippen molar-refractivity contribution in [2.24, 2.45) is 0 Å². The molecule has 0 unspecified atom stereocenters. The van der Waals surface area contributed by atoms with Crippen molar-refractivity contribution in [3.8, 4) is 0 Å². The Morgan fingerprint density at radius 1 is 0.900 bits per heavy atom. The molecular formula is C21H17ClN2O5S. The lowest BCUT2D eigenvalue weighted by molar-refractivity contribution is 0.0600. The monoisotopic (exact) mass is 444 g/mol. The minimum Gasteiger partial charge on any atom is -0.465 e. The fraction of sp³-hybridized carbons (Fsp3) is 0.0476. The lowest BCUT2D eigenvalue weighted by Crippen LogP contribution is -2.16. The van der Waals surface area contributed by atoms with Gasteiger partial charge in [-0.3, -0.25) is 9.52 Å². The Labute approximate surface area is 178 Å². The van der Waals surface area contributed by atoms with E-state index >= 15 is 0 Å². The molecule has 1 amide bonds. The Morgan fingerprint density at radius 3 is 2.33 bits per heavy atom. The van der Waals surface area contributed by atoms with Gasteiger partial charge in [0, 0.05) is 11.3 Å². The van der Waals surface area contributed by atoms with Gasteiger partial charge >= 0.3 is 5.97 Å². The highest BCUT2D eigenvalue weighted by Crippen LogP contribution is 2.24. The van der Waals surface area contributed by atoms with Crippen LogP contribution in [0.15, 0.2) is 77.7 Å². The fourth-order valence-corrected chi connectivity index (χ4v) is 3.96. The molecule has 0 saturated heterocycles. The third-order valence-corrected chi connectivity index (χ3v) is 5.76. The Hall–Kier alpha value is -3.36. The molecule has 0 spiro atoms. The minimum atomic E-state index is -3.96. The molecule has 30 heavy (non-hydrogen) atoms. The molecule has 3 rings (SSSR count). The van der Waals surface area contributed by atoms with Gasteiger partial charge in [-0.05, 0) is 48.5 Å². The number of sulfonamides is 1. The first-order valence-electron chi connectivity index (χ1n) is 8.67. The standard InChI is InChI=1S/C21H17ClN2O5S/c1-29-21(26)15-7-4-8-16(12-15)23-20(25)14-6-5-9-17(13-14)30(27,28)24-19-11-3-2-10-18(19)22/h2-13,24H,1H3,(H,23,25). The number of hydrogen-bond acceptors (Lipinski definition) is 5. The summed E-state index contributed by atoms with van der Waals surface area (Å²) in [7, 11) is -2.70. The van der Waals surface area contributed by atoms with E-state index in [2.05, 4.69) is 14.8 Å². The highest BCUT2D eigenvalue weighted by Gasteiger charge is 2.18. The van der Waals surface area contributed by atoms with Crippen LogP contribution in [0, 0.1) is 0 Å². The molecule has 3 aromatic carbocycles. The number of amides is 1. The normalized spacial score (nSPS) is 10.9. The molecule has 0 fully saturated rings. The van der Waals surface area contributed by atoms with Gasteiger partial charge in [-0.15, -0.1) is 0 Å². The van der Waals surface area contributed by atoms with Crippen LogP contribution in [-0.4, -0.2) is 27.4 Å². The summed E-state index contributed by atoms with van der Waals surface area (Å²) in [6, 6.07) is 18.2. The number of esters is 1. The summed E-state index contributed by atoms with van der Waals surface area (Å²) < 4.78 is 32.4. The van der Waals surface area contributed by atoms with Crippen molar-refractivity contribution in [2.45, 2.75) is 4.90 Å². The van der Waals surface area contributed by atoms with Crippen LogP contribution in [0.4, 0.5) is 11.4 Å². The van der Waals surface area contributed by atoms with E-state index < -0.39 is 21.9 Å². The summed E-state index contributed by atoms with van der Waals surface area (Å²) in [5.41, 5.74) is 0.995. The smallest absolute Gasteiger partial charge is 0.337 e. The van der Waals surface area contributed by atoms with Gasteiger partial charge in [-0.1, -0.05) is 35.9 Å². The second-order valence-corrected chi connectivity index (χ2v) is 8.23. The summed E-state index contributed by atoms with van der Waals surface area (Å²) in [6.07, 6.45) is 0. The van der Waals surface area contributed by atoms with Gasteiger partial charge in [0.05, 0.1) is 28.3 Å². The molecule has 154 valence electrons. The van der Waals surface area contributed by atoms with Gasteiger partial charge in [0.15, 0.2) is 0 Å². The molecule has 0 aromatic heterocycles. The van der Waals surface area contributed by atoms with E-state index in [0.29, 0.717) is 5.69 Å². The Kier molecular flexibility index (Phi) is 6.39. The number of halogens is 1. The number of carbonyl (C=O) groups is 2. The van der Waals surface area contributed by atoms with Crippen molar-refractivity contribution in [1.82, 2.24) is 0 Å². The number of nitrogens with one attached hydrogen (secondary N) is 2. The van der Waals surface area contributed by atoms with E-state index in [1.165, 1.54) is 43.5 Å². The average molecular weight is 445 g/mol. The predicted molar refractivity (Wildman–Crippen MR) is 114 cm³/mol. The van der Waals surface area contributed by atoms with E-state index in [0.717, 1.165) is 0 Å². The second-order valence-electron chi connectivity index (χ2n) is 6.14. The number of benzene rings is 3. The highest BCUT2D eigenvalue weighted by atomic mass is 35.5. The Bertz CT molecular complexity index is 1210. The molecule has 0 atom stereocenters. The van der Waals surface area contributed by atoms with Crippen LogP contribution in [0.1, 0.15) is 20.7 Å². The number of carbonyl (C=O) groups excluding carboxylic acids is 2. The zero-order valence-electron chi connectivity index (χ0n) is 15.8. The van der Waals surface area contributed by atoms with Gasteiger partial charge in [0.25, 0.3) is 15.9 Å². The number of para-hydroxylation sites is 1. The number of anilines is 2. The van der Waals surface area contributed by atoms with Crippen molar-refractivity contribution < 1.29 is 22.7 Å². The number of ether oxygens (including phenoxy) is 1. The largest absolute Gasteiger partial charge is 0.465 e. The summed E-state index contributed by atoms with van der Waals surface area (Å²) in [4.78, 5) is 24.1. The van der Waals surface area contributed by atoms with E-state index in [1.54, 1.807) is 36.4 Å². The molecule has 0 saturated carbocycles. The minimum absolute atomic E-state index is 0.0987. The molecule has 7 nitrogen and oxygen atoms in total. The van der Waals surface area contributed by atoms with Crippen molar-refractivity contribution in [2.75, 3.05) is 17.1 Å². The summed E-state index contributed by atoms with van der Waals surface area (Å²) in [6.45, 7) is 0. The molecule has 0 aliphatic carbocycles. The number of methoxy groups -OCH3 is 1. The van der Waals surface area contributed by atoms with Crippen LogP contribution in [-0.2, 0) is 14.8 Å². The lowest BCUT2D eigenvalue weighted by Gasteiger charge is -2.11. The highest BCUT2D eigenvalue weighted by molar-refractivity contribution is 7.92. The first kappa shape index (κ1) is 21.4.